The molecule has 1 aromatic heterocycles. The predicted molar refractivity (Wildman–Crippen MR) is 79.7 cm³/mol. The van der Waals surface area contributed by atoms with Crippen molar-refractivity contribution >= 4 is 5.97 Å². The molecule has 0 atom stereocenters. The van der Waals surface area contributed by atoms with Gasteiger partial charge in [-0.15, -0.1) is 0 Å². The van der Waals surface area contributed by atoms with Crippen molar-refractivity contribution < 1.29 is 14.3 Å². The standard InChI is InChI=1S/C16H20N2O3/c1-3-16(4-2,15(19)20)17-10-13-11-21-14(18-13)12-8-6-5-7-9-12/h5-9,11,17H,3-4,10H2,1-2H3,(H,19,20). The average molecular weight is 288 g/mol. The molecule has 0 aliphatic carbocycles. The van der Waals surface area contributed by atoms with Gasteiger partial charge < -0.3 is 9.52 Å². The summed E-state index contributed by atoms with van der Waals surface area (Å²) < 4.78 is 5.45. The summed E-state index contributed by atoms with van der Waals surface area (Å²) in [5, 5.41) is 12.5. The highest BCUT2D eigenvalue weighted by Crippen LogP contribution is 2.20. The Kier molecular flexibility index (Phi) is 4.75. The fourth-order valence-corrected chi connectivity index (χ4v) is 2.24. The number of hydrogen-bond acceptors (Lipinski definition) is 4. The van der Waals surface area contributed by atoms with E-state index in [-0.39, 0.29) is 0 Å². The first kappa shape index (κ1) is 15.3. The van der Waals surface area contributed by atoms with Crippen LogP contribution in [0.15, 0.2) is 41.0 Å². The number of nitrogens with one attached hydrogen (secondary N) is 1. The molecular formula is C16H20N2O3. The van der Waals surface area contributed by atoms with Crippen LogP contribution < -0.4 is 5.32 Å². The molecule has 5 nitrogen and oxygen atoms in total. The van der Waals surface area contributed by atoms with Gasteiger partial charge in [-0.1, -0.05) is 32.0 Å². The molecule has 21 heavy (non-hydrogen) atoms. The Hall–Kier alpha value is -2.14. The van der Waals surface area contributed by atoms with Crippen molar-refractivity contribution in [3.05, 3.63) is 42.3 Å². The quantitative estimate of drug-likeness (QED) is 0.819. The Labute approximate surface area is 124 Å². The van der Waals surface area contributed by atoms with Gasteiger partial charge in [0.1, 0.15) is 11.8 Å². The van der Waals surface area contributed by atoms with Crippen LogP contribution >= 0.6 is 0 Å². The van der Waals surface area contributed by atoms with Crippen molar-refractivity contribution in [2.75, 3.05) is 0 Å². The smallest absolute Gasteiger partial charge is 0.323 e. The van der Waals surface area contributed by atoms with Gasteiger partial charge in [0, 0.05) is 12.1 Å². The number of aliphatic carboxylic acids is 1. The number of carboxylic acids is 1. The minimum absolute atomic E-state index is 0.365. The van der Waals surface area contributed by atoms with E-state index in [1.54, 1.807) is 6.26 Å². The van der Waals surface area contributed by atoms with Crippen molar-refractivity contribution in [3.63, 3.8) is 0 Å². The van der Waals surface area contributed by atoms with Gasteiger partial charge in [-0.3, -0.25) is 10.1 Å². The van der Waals surface area contributed by atoms with Crippen LogP contribution in [0.3, 0.4) is 0 Å². The van der Waals surface area contributed by atoms with Crippen LogP contribution in [-0.4, -0.2) is 21.6 Å². The Morgan fingerprint density at radius 2 is 1.95 bits per heavy atom. The molecule has 0 saturated heterocycles. The number of benzene rings is 1. The van der Waals surface area contributed by atoms with Crippen LogP contribution in [-0.2, 0) is 11.3 Å². The van der Waals surface area contributed by atoms with E-state index in [1.165, 1.54) is 0 Å². The molecule has 5 heteroatoms. The first-order valence-corrected chi connectivity index (χ1v) is 7.09. The maximum absolute atomic E-state index is 11.4. The minimum Gasteiger partial charge on any atom is -0.480 e. The van der Waals surface area contributed by atoms with Gasteiger partial charge in [-0.25, -0.2) is 4.98 Å². The summed E-state index contributed by atoms with van der Waals surface area (Å²) in [5.74, 6) is -0.291. The summed E-state index contributed by atoms with van der Waals surface area (Å²) in [6.07, 6.45) is 2.59. The maximum Gasteiger partial charge on any atom is 0.323 e. The topological polar surface area (TPSA) is 75.4 Å². The number of carboxylic acid groups (broad SMARTS) is 1. The summed E-state index contributed by atoms with van der Waals surface area (Å²) >= 11 is 0. The monoisotopic (exact) mass is 288 g/mol. The predicted octanol–water partition coefficient (Wildman–Crippen LogP) is 3.07. The van der Waals surface area contributed by atoms with Crippen molar-refractivity contribution in [2.24, 2.45) is 0 Å². The molecule has 0 saturated carbocycles. The number of nitrogens with zero attached hydrogens (tertiary/aromatic N) is 1. The van der Waals surface area contributed by atoms with Gasteiger partial charge in [0.15, 0.2) is 0 Å². The lowest BCUT2D eigenvalue weighted by atomic mass is 9.93. The lowest BCUT2D eigenvalue weighted by molar-refractivity contribution is -0.145. The van der Waals surface area contributed by atoms with E-state index in [4.69, 9.17) is 4.42 Å². The fourth-order valence-electron chi connectivity index (χ4n) is 2.24. The van der Waals surface area contributed by atoms with Gasteiger partial charge in [0.2, 0.25) is 5.89 Å². The Morgan fingerprint density at radius 1 is 1.29 bits per heavy atom. The first-order valence-electron chi connectivity index (χ1n) is 7.09. The third-order valence-electron chi connectivity index (χ3n) is 3.80. The number of hydrogen-bond donors (Lipinski definition) is 2. The maximum atomic E-state index is 11.4. The zero-order valence-electron chi connectivity index (χ0n) is 12.3. The third kappa shape index (κ3) is 3.31. The fraction of sp³-hybridized carbons (Fsp3) is 0.375. The van der Waals surface area contributed by atoms with Gasteiger partial charge in [0.05, 0.1) is 5.69 Å². The number of carbonyl (C=O) groups is 1. The number of oxazole rings is 1. The van der Waals surface area contributed by atoms with Gasteiger partial charge in [-0.2, -0.15) is 0 Å². The summed E-state index contributed by atoms with van der Waals surface area (Å²) in [5.41, 5.74) is 0.687. The second-order valence-corrected chi connectivity index (χ2v) is 4.96. The molecule has 112 valence electrons. The van der Waals surface area contributed by atoms with Gasteiger partial charge in [-0.05, 0) is 25.0 Å². The van der Waals surface area contributed by atoms with Crippen molar-refractivity contribution in [2.45, 2.75) is 38.8 Å². The molecular weight excluding hydrogens is 268 g/mol. The van der Waals surface area contributed by atoms with Crippen molar-refractivity contribution in [1.29, 1.82) is 0 Å². The zero-order valence-corrected chi connectivity index (χ0v) is 12.3. The van der Waals surface area contributed by atoms with E-state index in [9.17, 15) is 9.90 Å². The number of rotatable bonds is 7. The van der Waals surface area contributed by atoms with Crippen molar-refractivity contribution in [1.82, 2.24) is 10.3 Å². The molecule has 0 aliphatic heterocycles. The van der Waals surface area contributed by atoms with E-state index >= 15 is 0 Å². The molecule has 2 N–H and O–H groups in total. The molecule has 0 unspecified atom stereocenters. The van der Waals surface area contributed by atoms with Crippen LogP contribution in [0.1, 0.15) is 32.4 Å². The molecule has 0 spiro atoms. The van der Waals surface area contributed by atoms with E-state index in [1.807, 2.05) is 44.2 Å². The van der Waals surface area contributed by atoms with Crippen LogP contribution in [0, 0.1) is 0 Å². The SMILES string of the molecule is CCC(CC)(NCc1coc(-c2ccccc2)n1)C(=O)O. The van der Waals surface area contributed by atoms with Gasteiger partial charge >= 0.3 is 5.97 Å². The summed E-state index contributed by atoms with van der Waals surface area (Å²) in [4.78, 5) is 15.8. The molecule has 0 aliphatic rings. The highest BCUT2D eigenvalue weighted by Gasteiger charge is 2.34. The Balaban J connectivity index is 2.08. The van der Waals surface area contributed by atoms with Crippen LogP contribution in [0.2, 0.25) is 0 Å². The van der Waals surface area contributed by atoms with E-state index in [0.717, 1.165) is 5.56 Å². The number of aromatic nitrogens is 1. The Bertz CT molecular complexity index is 589. The van der Waals surface area contributed by atoms with E-state index < -0.39 is 11.5 Å². The summed E-state index contributed by atoms with van der Waals surface area (Å²) in [6, 6.07) is 9.60. The molecule has 2 aromatic rings. The largest absolute Gasteiger partial charge is 0.480 e. The van der Waals surface area contributed by atoms with Crippen LogP contribution in [0.5, 0.6) is 0 Å². The molecule has 1 aromatic carbocycles. The summed E-state index contributed by atoms with van der Waals surface area (Å²) in [7, 11) is 0. The highest BCUT2D eigenvalue weighted by atomic mass is 16.4. The summed E-state index contributed by atoms with van der Waals surface area (Å²) in [6.45, 7) is 4.09. The van der Waals surface area contributed by atoms with Gasteiger partial charge in [0.25, 0.3) is 0 Å². The first-order chi connectivity index (χ1) is 10.1. The second kappa shape index (κ2) is 6.54. The zero-order chi connectivity index (χ0) is 15.3. The normalized spacial score (nSPS) is 11.5. The third-order valence-corrected chi connectivity index (χ3v) is 3.80. The molecule has 0 radical (unpaired) electrons. The molecule has 1 heterocycles. The van der Waals surface area contributed by atoms with Crippen molar-refractivity contribution in [3.8, 4) is 11.5 Å². The molecule has 0 bridgehead atoms. The highest BCUT2D eigenvalue weighted by molar-refractivity contribution is 5.78. The lowest BCUT2D eigenvalue weighted by Crippen LogP contribution is -2.50. The molecule has 0 fully saturated rings. The van der Waals surface area contributed by atoms with Crippen LogP contribution in [0.25, 0.3) is 11.5 Å². The molecule has 2 rings (SSSR count). The second-order valence-electron chi connectivity index (χ2n) is 4.96. The lowest BCUT2D eigenvalue weighted by Gasteiger charge is -2.27. The Morgan fingerprint density at radius 3 is 2.52 bits per heavy atom. The van der Waals surface area contributed by atoms with Crippen LogP contribution in [0.4, 0.5) is 0 Å². The minimum atomic E-state index is -0.911. The van der Waals surface area contributed by atoms with E-state index in [2.05, 4.69) is 10.3 Å². The average Bonchev–Trinajstić information content (AvgIpc) is 2.98. The molecule has 0 amide bonds. The van der Waals surface area contributed by atoms with E-state index in [0.29, 0.717) is 31.0 Å².